The van der Waals surface area contributed by atoms with E-state index in [-0.39, 0.29) is 0 Å². The van der Waals surface area contributed by atoms with E-state index in [1.165, 1.54) is 10.0 Å². The Balaban J connectivity index is 2.56. The highest BCUT2D eigenvalue weighted by atomic mass is 79.9. The number of ether oxygens (including phenoxy) is 1. The second kappa shape index (κ2) is 7.82. The first-order chi connectivity index (χ1) is 7.77. The molecule has 90 valence electrons. The van der Waals surface area contributed by atoms with Crippen LogP contribution in [0, 0.1) is 0 Å². The van der Waals surface area contributed by atoms with Gasteiger partial charge in [0.1, 0.15) is 0 Å². The summed E-state index contributed by atoms with van der Waals surface area (Å²) in [7, 11) is 0. The molecular weight excluding hydrogens is 266 g/mol. The van der Waals surface area contributed by atoms with Crippen molar-refractivity contribution in [2.75, 3.05) is 19.8 Å². The number of halogens is 1. The number of rotatable bonds is 7. The summed E-state index contributed by atoms with van der Waals surface area (Å²) in [5.41, 5.74) is 1.33. The largest absolute Gasteiger partial charge is 0.380 e. The predicted octanol–water partition coefficient (Wildman–Crippen LogP) is 3.01. The van der Waals surface area contributed by atoms with Crippen molar-refractivity contribution in [2.45, 2.75) is 26.3 Å². The fourth-order valence-electron chi connectivity index (χ4n) is 1.67. The molecule has 0 bridgehead atoms. The molecule has 0 aliphatic rings. The molecule has 2 nitrogen and oxygen atoms in total. The minimum atomic E-state index is 0.392. The Hall–Kier alpha value is -0.380. The highest BCUT2D eigenvalue weighted by molar-refractivity contribution is 9.10. The summed E-state index contributed by atoms with van der Waals surface area (Å²) in [6.45, 7) is 6.67. The molecular formula is C13H20BrNO. The first-order valence-electron chi connectivity index (χ1n) is 5.82. The van der Waals surface area contributed by atoms with Crippen LogP contribution in [-0.4, -0.2) is 25.8 Å². The third-order valence-corrected chi connectivity index (χ3v) is 3.21. The summed E-state index contributed by atoms with van der Waals surface area (Å²) in [6, 6.07) is 8.74. The molecule has 1 aromatic rings. The fourth-order valence-corrected chi connectivity index (χ4v) is 2.11. The van der Waals surface area contributed by atoms with Crippen LogP contribution in [-0.2, 0) is 11.2 Å². The van der Waals surface area contributed by atoms with Crippen molar-refractivity contribution in [3.63, 3.8) is 0 Å². The smallest absolute Gasteiger partial charge is 0.0622 e. The lowest BCUT2D eigenvalue weighted by molar-refractivity contribution is 0.123. The second-order valence-corrected chi connectivity index (χ2v) is 4.56. The van der Waals surface area contributed by atoms with Crippen molar-refractivity contribution in [1.29, 1.82) is 0 Å². The number of nitrogens with one attached hydrogen (secondary N) is 1. The predicted molar refractivity (Wildman–Crippen MR) is 71.8 cm³/mol. The van der Waals surface area contributed by atoms with Gasteiger partial charge in [0.2, 0.25) is 0 Å². The lowest BCUT2D eigenvalue weighted by Crippen LogP contribution is -2.35. The topological polar surface area (TPSA) is 21.3 Å². The molecule has 0 aliphatic heterocycles. The zero-order chi connectivity index (χ0) is 11.8. The van der Waals surface area contributed by atoms with Crippen molar-refractivity contribution in [3.8, 4) is 0 Å². The van der Waals surface area contributed by atoms with Crippen LogP contribution in [0.2, 0.25) is 0 Å². The van der Waals surface area contributed by atoms with Gasteiger partial charge in [0.15, 0.2) is 0 Å². The standard InChI is InChI=1S/C13H20BrNO/c1-3-15-12(10-16-4-2)9-11-7-5-6-8-13(11)14/h5-8,12,15H,3-4,9-10H2,1-2H3. The lowest BCUT2D eigenvalue weighted by Gasteiger charge is -2.18. The van der Waals surface area contributed by atoms with Crippen LogP contribution in [0.3, 0.4) is 0 Å². The van der Waals surface area contributed by atoms with Gasteiger partial charge in [-0.3, -0.25) is 0 Å². The Kier molecular flexibility index (Phi) is 6.69. The lowest BCUT2D eigenvalue weighted by atomic mass is 10.1. The molecule has 0 fully saturated rings. The van der Waals surface area contributed by atoms with Crippen molar-refractivity contribution in [1.82, 2.24) is 5.32 Å². The maximum atomic E-state index is 5.48. The number of likely N-dealkylation sites (N-methyl/N-ethyl adjacent to an activating group) is 1. The first-order valence-corrected chi connectivity index (χ1v) is 6.61. The maximum Gasteiger partial charge on any atom is 0.0622 e. The quantitative estimate of drug-likeness (QED) is 0.832. The molecule has 0 radical (unpaired) electrons. The molecule has 0 heterocycles. The summed E-state index contributed by atoms with van der Waals surface area (Å²) in [5, 5.41) is 3.45. The molecule has 0 saturated carbocycles. The molecule has 16 heavy (non-hydrogen) atoms. The van der Waals surface area contributed by atoms with Crippen LogP contribution >= 0.6 is 15.9 Å². The molecule has 0 spiro atoms. The van der Waals surface area contributed by atoms with E-state index in [1.807, 2.05) is 13.0 Å². The Morgan fingerprint density at radius 1 is 1.31 bits per heavy atom. The van der Waals surface area contributed by atoms with E-state index in [9.17, 15) is 0 Å². The first kappa shape index (κ1) is 13.7. The highest BCUT2D eigenvalue weighted by Gasteiger charge is 2.09. The van der Waals surface area contributed by atoms with Crippen LogP contribution in [0.5, 0.6) is 0 Å². The Morgan fingerprint density at radius 3 is 2.69 bits per heavy atom. The Bertz CT molecular complexity index is 304. The van der Waals surface area contributed by atoms with E-state index in [0.717, 1.165) is 26.2 Å². The molecule has 0 saturated heterocycles. The van der Waals surface area contributed by atoms with Gasteiger partial charge in [-0.2, -0.15) is 0 Å². The Morgan fingerprint density at radius 2 is 2.06 bits per heavy atom. The van der Waals surface area contributed by atoms with Crippen LogP contribution in [0.4, 0.5) is 0 Å². The highest BCUT2D eigenvalue weighted by Crippen LogP contribution is 2.17. The van der Waals surface area contributed by atoms with Gasteiger partial charge >= 0.3 is 0 Å². The normalized spacial score (nSPS) is 12.7. The summed E-state index contributed by atoms with van der Waals surface area (Å²) in [4.78, 5) is 0. The van der Waals surface area contributed by atoms with Gasteiger partial charge in [-0.05, 0) is 31.5 Å². The van der Waals surface area contributed by atoms with E-state index in [2.05, 4.69) is 46.4 Å². The van der Waals surface area contributed by atoms with E-state index < -0.39 is 0 Å². The number of hydrogen-bond donors (Lipinski definition) is 1. The van der Waals surface area contributed by atoms with Crippen LogP contribution in [0.15, 0.2) is 28.7 Å². The van der Waals surface area contributed by atoms with Crippen molar-refractivity contribution in [2.24, 2.45) is 0 Å². The molecule has 0 aliphatic carbocycles. The van der Waals surface area contributed by atoms with Crippen molar-refractivity contribution in [3.05, 3.63) is 34.3 Å². The minimum Gasteiger partial charge on any atom is -0.380 e. The van der Waals surface area contributed by atoms with Gasteiger partial charge in [0.05, 0.1) is 6.61 Å². The molecule has 3 heteroatoms. The van der Waals surface area contributed by atoms with Crippen LogP contribution in [0.1, 0.15) is 19.4 Å². The molecule has 1 unspecified atom stereocenters. The monoisotopic (exact) mass is 285 g/mol. The second-order valence-electron chi connectivity index (χ2n) is 3.71. The molecule has 0 amide bonds. The zero-order valence-corrected chi connectivity index (χ0v) is 11.6. The minimum absolute atomic E-state index is 0.392. The van der Waals surface area contributed by atoms with Gasteiger partial charge in [-0.1, -0.05) is 41.1 Å². The van der Waals surface area contributed by atoms with Gasteiger partial charge in [-0.25, -0.2) is 0 Å². The summed E-state index contributed by atoms with van der Waals surface area (Å²) in [5.74, 6) is 0. The van der Waals surface area contributed by atoms with Gasteiger partial charge in [-0.15, -0.1) is 0 Å². The van der Waals surface area contributed by atoms with E-state index in [0.29, 0.717) is 6.04 Å². The fraction of sp³-hybridized carbons (Fsp3) is 0.538. The summed E-state index contributed by atoms with van der Waals surface area (Å²) < 4.78 is 6.66. The number of hydrogen-bond acceptors (Lipinski definition) is 2. The number of benzene rings is 1. The average Bonchev–Trinajstić information content (AvgIpc) is 2.29. The third kappa shape index (κ3) is 4.64. The van der Waals surface area contributed by atoms with Crippen LogP contribution in [0.25, 0.3) is 0 Å². The zero-order valence-electron chi connectivity index (χ0n) is 10.0. The Labute approximate surface area is 107 Å². The molecule has 1 rings (SSSR count). The van der Waals surface area contributed by atoms with Gasteiger partial charge < -0.3 is 10.1 Å². The van der Waals surface area contributed by atoms with E-state index in [1.54, 1.807) is 0 Å². The van der Waals surface area contributed by atoms with Crippen molar-refractivity contribution >= 4 is 15.9 Å². The third-order valence-electron chi connectivity index (χ3n) is 2.44. The van der Waals surface area contributed by atoms with Gasteiger partial charge in [0, 0.05) is 17.1 Å². The van der Waals surface area contributed by atoms with Crippen molar-refractivity contribution < 1.29 is 4.74 Å². The van der Waals surface area contributed by atoms with E-state index in [4.69, 9.17) is 4.74 Å². The molecule has 1 aromatic carbocycles. The molecule has 1 atom stereocenters. The SMILES string of the molecule is CCNC(COCC)Cc1ccccc1Br. The summed E-state index contributed by atoms with van der Waals surface area (Å²) in [6.07, 6.45) is 0.995. The average molecular weight is 286 g/mol. The molecule has 0 aromatic heterocycles. The maximum absolute atomic E-state index is 5.48. The summed E-state index contributed by atoms with van der Waals surface area (Å²) >= 11 is 3.58. The van der Waals surface area contributed by atoms with Gasteiger partial charge in [0.25, 0.3) is 0 Å². The van der Waals surface area contributed by atoms with Crippen LogP contribution < -0.4 is 5.32 Å². The van der Waals surface area contributed by atoms with E-state index >= 15 is 0 Å². The molecule has 1 N–H and O–H groups in total.